The van der Waals surface area contributed by atoms with Crippen molar-refractivity contribution < 1.29 is 22.0 Å². The van der Waals surface area contributed by atoms with Gasteiger partial charge in [-0.3, -0.25) is 0 Å². The van der Waals surface area contributed by atoms with Crippen molar-refractivity contribution in [2.75, 3.05) is 0 Å². The summed E-state index contributed by atoms with van der Waals surface area (Å²) in [5, 5.41) is 0. The van der Waals surface area contributed by atoms with Crippen LogP contribution in [0.4, 0.5) is 22.0 Å². The normalized spacial score (nSPS) is 19.1. The van der Waals surface area contributed by atoms with Gasteiger partial charge in [0.05, 0.1) is 5.41 Å². The molecular formula is C12H14F5N3. The average molecular weight is 295 g/mol. The second-order valence-corrected chi connectivity index (χ2v) is 5.10. The number of rotatable bonds is 5. The first kappa shape index (κ1) is 15.1. The third-order valence-electron chi connectivity index (χ3n) is 3.70. The van der Waals surface area contributed by atoms with Crippen LogP contribution < -0.4 is 5.73 Å². The Bertz CT molecular complexity index is 453. The number of halogens is 5. The van der Waals surface area contributed by atoms with Crippen molar-refractivity contribution in [3.05, 3.63) is 23.8 Å². The second-order valence-electron chi connectivity index (χ2n) is 5.10. The molecule has 1 aromatic heterocycles. The molecule has 1 fully saturated rings. The largest absolute Gasteiger partial charge is 0.394 e. The van der Waals surface area contributed by atoms with Gasteiger partial charge in [-0.25, -0.2) is 18.7 Å². The van der Waals surface area contributed by atoms with Gasteiger partial charge >= 0.3 is 6.18 Å². The quantitative estimate of drug-likeness (QED) is 0.845. The molecule has 20 heavy (non-hydrogen) atoms. The van der Waals surface area contributed by atoms with E-state index >= 15 is 0 Å². The summed E-state index contributed by atoms with van der Waals surface area (Å²) in [7, 11) is 0. The van der Waals surface area contributed by atoms with Crippen molar-refractivity contribution in [1.82, 2.24) is 9.97 Å². The van der Waals surface area contributed by atoms with Gasteiger partial charge < -0.3 is 5.73 Å². The number of hydrogen-bond donors (Lipinski definition) is 1. The molecule has 0 radical (unpaired) electrons. The smallest absolute Gasteiger partial charge is 0.324 e. The van der Waals surface area contributed by atoms with Gasteiger partial charge in [0, 0.05) is 24.0 Å². The van der Waals surface area contributed by atoms with Crippen LogP contribution in [-0.2, 0) is 0 Å². The van der Waals surface area contributed by atoms with Gasteiger partial charge in [0.25, 0.3) is 6.43 Å². The van der Waals surface area contributed by atoms with Gasteiger partial charge in [-0.1, -0.05) is 0 Å². The number of nitrogens with zero attached hydrogens (tertiary/aromatic N) is 2. The van der Waals surface area contributed by atoms with Crippen molar-refractivity contribution in [2.45, 2.75) is 44.3 Å². The van der Waals surface area contributed by atoms with E-state index in [1.807, 2.05) is 0 Å². The summed E-state index contributed by atoms with van der Waals surface area (Å²) in [6.45, 7) is 0. The monoisotopic (exact) mass is 295 g/mol. The molecule has 0 amide bonds. The van der Waals surface area contributed by atoms with E-state index in [0.717, 1.165) is 12.4 Å². The molecule has 2 N–H and O–H groups in total. The molecule has 0 aromatic carbocycles. The van der Waals surface area contributed by atoms with Gasteiger partial charge in [-0.15, -0.1) is 0 Å². The van der Waals surface area contributed by atoms with Crippen LogP contribution in [0.3, 0.4) is 0 Å². The standard InChI is InChI=1S/C12H14F5N3/c13-9(14)10-19-5-7(6-20-10)8(18)1-2-11(3-4-11)12(15,16)17/h5-6,8-9H,1-4,18H2. The van der Waals surface area contributed by atoms with Crippen molar-refractivity contribution in [3.63, 3.8) is 0 Å². The Hall–Kier alpha value is -1.31. The minimum Gasteiger partial charge on any atom is -0.324 e. The maximum absolute atomic E-state index is 12.7. The zero-order valence-electron chi connectivity index (χ0n) is 10.5. The minimum absolute atomic E-state index is 0.0612. The summed E-state index contributed by atoms with van der Waals surface area (Å²) in [4.78, 5) is 6.89. The van der Waals surface area contributed by atoms with Crippen LogP contribution in [0.1, 0.15) is 49.5 Å². The van der Waals surface area contributed by atoms with Crippen LogP contribution in [0.15, 0.2) is 12.4 Å². The molecule has 1 aliphatic rings. The summed E-state index contributed by atoms with van der Waals surface area (Å²) < 4.78 is 62.7. The van der Waals surface area contributed by atoms with Gasteiger partial charge in [-0.05, 0) is 25.7 Å². The zero-order valence-corrected chi connectivity index (χ0v) is 10.5. The Morgan fingerprint density at radius 2 is 1.75 bits per heavy atom. The average Bonchev–Trinajstić information content (AvgIpc) is 3.16. The van der Waals surface area contributed by atoms with E-state index in [9.17, 15) is 22.0 Å². The highest BCUT2D eigenvalue weighted by atomic mass is 19.4. The molecule has 1 atom stereocenters. The van der Waals surface area contributed by atoms with E-state index in [1.54, 1.807) is 0 Å². The molecule has 0 bridgehead atoms. The number of nitrogens with two attached hydrogens (primary N) is 1. The lowest BCUT2D eigenvalue weighted by molar-refractivity contribution is -0.189. The molecule has 1 saturated carbocycles. The molecule has 1 unspecified atom stereocenters. The van der Waals surface area contributed by atoms with Crippen molar-refractivity contribution in [1.29, 1.82) is 0 Å². The third kappa shape index (κ3) is 3.05. The third-order valence-corrected chi connectivity index (χ3v) is 3.70. The number of alkyl halides is 5. The minimum atomic E-state index is -4.21. The molecule has 1 aromatic rings. The first-order valence-electron chi connectivity index (χ1n) is 6.17. The lowest BCUT2D eigenvalue weighted by Crippen LogP contribution is -2.26. The summed E-state index contributed by atoms with van der Waals surface area (Å²) >= 11 is 0. The highest BCUT2D eigenvalue weighted by Crippen LogP contribution is 2.60. The van der Waals surface area contributed by atoms with Crippen LogP contribution in [0, 0.1) is 5.41 Å². The van der Waals surface area contributed by atoms with Crippen molar-refractivity contribution in [3.8, 4) is 0 Å². The van der Waals surface area contributed by atoms with Gasteiger partial charge in [0.15, 0.2) is 5.82 Å². The molecule has 1 aliphatic carbocycles. The lowest BCUT2D eigenvalue weighted by Gasteiger charge is -2.21. The SMILES string of the molecule is NC(CCC1(C(F)(F)F)CC1)c1cnc(C(F)F)nc1. The maximum Gasteiger partial charge on any atom is 0.394 e. The first-order chi connectivity index (χ1) is 9.25. The van der Waals surface area contributed by atoms with Crippen LogP contribution >= 0.6 is 0 Å². The van der Waals surface area contributed by atoms with Gasteiger partial charge in [0.1, 0.15) is 0 Å². The van der Waals surface area contributed by atoms with Crippen LogP contribution in [-0.4, -0.2) is 16.1 Å². The Kier molecular flexibility index (Phi) is 3.95. The Labute approximate surface area is 112 Å². The molecule has 1 heterocycles. The molecular weight excluding hydrogens is 281 g/mol. The topological polar surface area (TPSA) is 51.8 Å². The highest BCUT2D eigenvalue weighted by molar-refractivity contribution is 5.11. The predicted molar refractivity (Wildman–Crippen MR) is 60.9 cm³/mol. The van der Waals surface area contributed by atoms with Crippen molar-refractivity contribution in [2.24, 2.45) is 11.1 Å². The van der Waals surface area contributed by atoms with Crippen molar-refractivity contribution >= 4 is 0 Å². The molecule has 0 saturated heterocycles. The molecule has 8 heteroatoms. The zero-order chi connectivity index (χ0) is 15.0. The van der Waals surface area contributed by atoms with Gasteiger partial charge in [0.2, 0.25) is 0 Å². The molecule has 0 spiro atoms. The fourth-order valence-electron chi connectivity index (χ4n) is 2.08. The van der Waals surface area contributed by atoms with Crippen LogP contribution in [0.25, 0.3) is 0 Å². The first-order valence-corrected chi connectivity index (χ1v) is 6.17. The molecule has 3 nitrogen and oxygen atoms in total. The Balaban J connectivity index is 1.94. The second kappa shape index (κ2) is 5.23. The Morgan fingerprint density at radius 1 is 1.20 bits per heavy atom. The maximum atomic E-state index is 12.7. The summed E-state index contributed by atoms with van der Waals surface area (Å²) in [5.74, 6) is -0.616. The number of hydrogen-bond acceptors (Lipinski definition) is 3. The van der Waals surface area contributed by atoms with E-state index in [-0.39, 0.29) is 25.7 Å². The van der Waals surface area contributed by atoms with Crippen LogP contribution in [0.5, 0.6) is 0 Å². The van der Waals surface area contributed by atoms with E-state index in [4.69, 9.17) is 5.73 Å². The predicted octanol–water partition coefficient (Wildman–Crippen LogP) is 3.54. The molecule has 112 valence electrons. The van der Waals surface area contributed by atoms with Gasteiger partial charge in [-0.2, -0.15) is 13.2 Å². The highest BCUT2D eigenvalue weighted by Gasteiger charge is 2.62. The summed E-state index contributed by atoms with van der Waals surface area (Å²) in [6, 6.07) is -0.679. The fraction of sp³-hybridized carbons (Fsp3) is 0.667. The Morgan fingerprint density at radius 3 is 2.15 bits per heavy atom. The molecule has 0 aliphatic heterocycles. The fourth-order valence-corrected chi connectivity index (χ4v) is 2.08. The van der Waals surface area contributed by atoms with Crippen LogP contribution in [0.2, 0.25) is 0 Å². The van der Waals surface area contributed by atoms with E-state index in [2.05, 4.69) is 9.97 Å². The summed E-state index contributed by atoms with van der Waals surface area (Å²) in [6.07, 6.45) is -4.37. The summed E-state index contributed by atoms with van der Waals surface area (Å²) in [5.41, 5.74) is 4.53. The van der Waals surface area contributed by atoms with E-state index in [0.29, 0.717) is 5.56 Å². The molecule has 2 rings (SSSR count). The number of aromatic nitrogens is 2. The van der Waals surface area contributed by atoms with E-state index in [1.165, 1.54) is 0 Å². The van der Waals surface area contributed by atoms with E-state index < -0.39 is 29.9 Å². The lowest BCUT2D eigenvalue weighted by atomic mass is 9.94.